The van der Waals surface area contributed by atoms with Crippen molar-refractivity contribution in [1.82, 2.24) is 10.0 Å². The third-order valence-corrected chi connectivity index (χ3v) is 6.42. The zero-order chi connectivity index (χ0) is 24.3. The molecule has 2 aromatic carbocycles. The summed E-state index contributed by atoms with van der Waals surface area (Å²) in [7, 11) is 0.705. The molecule has 2 aromatic rings. The van der Waals surface area contributed by atoms with Crippen molar-refractivity contribution in [2.45, 2.75) is 19.0 Å². The van der Waals surface area contributed by atoms with Gasteiger partial charge in [-0.05, 0) is 47.8 Å². The third-order valence-electron chi connectivity index (χ3n) is 4.66. The molecule has 0 aliphatic rings. The van der Waals surface area contributed by atoms with Crippen LogP contribution in [0.1, 0.15) is 17.5 Å². The van der Waals surface area contributed by atoms with Crippen LogP contribution in [0.3, 0.4) is 0 Å². The standard InChI is InChI=1S/C23H30N2O6S2/c1-29-20-14-18(15-21(30-2)22(20)31-3)16-24-23(26)19(10-12-32-4)25-33(27,28)13-11-17-8-6-5-7-9-17/h5-9,11,13-15,19,25H,10,12,16H2,1-4H3,(H,24,26)/b13-11+. The van der Waals surface area contributed by atoms with Gasteiger partial charge < -0.3 is 19.5 Å². The van der Waals surface area contributed by atoms with Crippen LogP contribution < -0.4 is 24.2 Å². The van der Waals surface area contributed by atoms with Gasteiger partial charge in [0.1, 0.15) is 6.04 Å². The number of hydrogen-bond acceptors (Lipinski definition) is 7. The van der Waals surface area contributed by atoms with Gasteiger partial charge in [0.15, 0.2) is 11.5 Å². The van der Waals surface area contributed by atoms with Gasteiger partial charge in [-0.3, -0.25) is 4.79 Å². The molecule has 8 nitrogen and oxygen atoms in total. The Morgan fingerprint density at radius 3 is 2.24 bits per heavy atom. The number of nitrogens with one attached hydrogen (secondary N) is 2. The number of hydrogen-bond donors (Lipinski definition) is 2. The molecule has 0 aliphatic heterocycles. The summed E-state index contributed by atoms with van der Waals surface area (Å²) < 4.78 is 43.6. The SMILES string of the molecule is COc1cc(CNC(=O)C(CCSC)NS(=O)(=O)/C=C/c2ccccc2)cc(OC)c1OC. The number of methoxy groups -OCH3 is 3. The molecular formula is C23H30N2O6S2. The van der Waals surface area contributed by atoms with Gasteiger partial charge in [0.25, 0.3) is 0 Å². The molecule has 0 aromatic heterocycles. The second-order valence-electron chi connectivity index (χ2n) is 6.96. The van der Waals surface area contributed by atoms with E-state index in [0.717, 1.165) is 11.0 Å². The first-order valence-corrected chi connectivity index (χ1v) is 13.1. The molecule has 0 aliphatic carbocycles. The maximum atomic E-state index is 12.8. The number of thioether (sulfide) groups is 1. The molecule has 0 fully saturated rings. The monoisotopic (exact) mass is 494 g/mol. The number of amides is 1. The quantitative estimate of drug-likeness (QED) is 0.441. The van der Waals surface area contributed by atoms with Crippen molar-refractivity contribution in [3.8, 4) is 17.2 Å². The summed E-state index contributed by atoms with van der Waals surface area (Å²) >= 11 is 1.53. The Morgan fingerprint density at radius 2 is 1.70 bits per heavy atom. The largest absolute Gasteiger partial charge is 0.493 e. The van der Waals surface area contributed by atoms with Gasteiger partial charge >= 0.3 is 0 Å². The minimum atomic E-state index is -3.82. The highest BCUT2D eigenvalue weighted by Crippen LogP contribution is 2.38. The minimum Gasteiger partial charge on any atom is -0.493 e. The molecule has 0 spiro atoms. The van der Waals surface area contributed by atoms with Gasteiger partial charge in [0.05, 0.1) is 21.3 Å². The van der Waals surface area contributed by atoms with Crippen molar-refractivity contribution in [2.75, 3.05) is 33.3 Å². The average molecular weight is 495 g/mol. The van der Waals surface area contributed by atoms with Gasteiger partial charge in [0, 0.05) is 12.0 Å². The Hall–Kier alpha value is -2.69. The second-order valence-corrected chi connectivity index (χ2v) is 9.55. The first-order chi connectivity index (χ1) is 15.8. The number of carbonyl (C=O) groups is 1. The van der Waals surface area contributed by atoms with Crippen molar-refractivity contribution in [3.05, 3.63) is 59.0 Å². The lowest BCUT2D eigenvalue weighted by molar-refractivity contribution is -0.122. The molecule has 2 rings (SSSR count). The molecule has 1 amide bonds. The maximum absolute atomic E-state index is 12.8. The van der Waals surface area contributed by atoms with Gasteiger partial charge in [-0.25, -0.2) is 8.42 Å². The zero-order valence-corrected chi connectivity index (χ0v) is 20.8. The number of ether oxygens (including phenoxy) is 3. The highest BCUT2D eigenvalue weighted by Gasteiger charge is 2.23. The van der Waals surface area contributed by atoms with E-state index in [4.69, 9.17) is 14.2 Å². The van der Waals surface area contributed by atoms with Crippen LogP contribution in [0.5, 0.6) is 17.2 Å². The molecule has 33 heavy (non-hydrogen) atoms. The molecule has 0 bridgehead atoms. The lowest BCUT2D eigenvalue weighted by atomic mass is 10.1. The van der Waals surface area contributed by atoms with Crippen LogP contribution in [0.15, 0.2) is 47.9 Å². The lowest BCUT2D eigenvalue weighted by Crippen LogP contribution is -2.46. The molecule has 0 saturated carbocycles. The van der Waals surface area contributed by atoms with Crippen LogP contribution in [0, 0.1) is 0 Å². The Balaban J connectivity index is 2.12. The normalized spacial score (nSPS) is 12.4. The van der Waals surface area contributed by atoms with Crippen LogP contribution in [0.4, 0.5) is 0 Å². The topological polar surface area (TPSA) is 103 Å². The molecule has 1 unspecified atom stereocenters. The molecule has 1 atom stereocenters. The van der Waals surface area contributed by atoms with Crippen LogP contribution >= 0.6 is 11.8 Å². The van der Waals surface area contributed by atoms with E-state index >= 15 is 0 Å². The van der Waals surface area contributed by atoms with Crippen molar-refractivity contribution >= 4 is 33.8 Å². The molecule has 0 saturated heterocycles. The van der Waals surface area contributed by atoms with Crippen molar-refractivity contribution in [2.24, 2.45) is 0 Å². The fourth-order valence-corrected chi connectivity index (χ4v) is 4.51. The molecule has 0 heterocycles. The summed E-state index contributed by atoms with van der Waals surface area (Å²) in [6, 6.07) is 11.6. The predicted octanol–water partition coefficient (Wildman–Crippen LogP) is 3.04. The predicted molar refractivity (Wildman–Crippen MR) is 132 cm³/mol. The van der Waals surface area contributed by atoms with Crippen molar-refractivity contribution in [1.29, 1.82) is 0 Å². The Labute approximate surface area is 199 Å². The van der Waals surface area contributed by atoms with E-state index in [9.17, 15) is 13.2 Å². The highest BCUT2D eigenvalue weighted by molar-refractivity contribution is 7.98. The van der Waals surface area contributed by atoms with Gasteiger partial charge in [-0.1, -0.05) is 30.3 Å². The number of carbonyl (C=O) groups excluding carboxylic acids is 1. The van der Waals surface area contributed by atoms with Crippen molar-refractivity contribution < 1.29 is 27.4 Å². The van der Waals surface area contributed by atoms with Crippen LogP contribution in [0.2, 0.25) is 0 Å². The first-order valence-electron chi connectivity index (χ1n) is 10.1. The minimum absolute atomic E-state index is 0.160. The third kappa shape index (κ3) is 8.30. The van der Waals surface area contributed by atoms with Crippen LogP contribution in [-0.4, -0.2) is 53.7 Å². The number of rotatable bonds is 13. The smallest absolute Gasteiger partial charge is 0.238 e. The van der Waals surface area contributed by atoms with E-state index in [1.807, 2.05) is 24.5 Å². The van der Waals surface area contributed by atoms with E-state index in [1.54, 1.807) is 24.3 Å². The lowest BCUT2D eigenvalue weighted by Gasteiger charge is -2.18. The molecule has 2 N–H and O–H groups in total. The Bertz CT molecular complexity index is 1020. The summed E-state index contributed by atoms with van der Waals surface area (Å²) in [4.78, 5) is 12.8. The molecule has 10 heteroatoms. The van der Waals surface area contributed by atoms with E-state index in [0.29, 0.717) is 35.0 Å². The van der Waals surface area contributed by atoms with Gasteiger partial charge in [-0.15, -0.1) is 0 Å². The Kier molecular flexibility index (Phi) is 10.6. The molecule has 0 radical (unpaired) electrons. The average Bonchev–Trinajstić information content (AvgIpc) is 2.83. The molecule has 180 valence electrons. The summed E-state index contributed by atoms with van der Waals surface area (Å²) in [5, 5.41) is 3.86. The fraction of sp³-hybridized carbons (Fsp3) is 0.348. The summed E-state index contributed by atoms with van der Waals surface area (Å²) in [6.07, 6.45) is 3.73. The van der Waals surface area contributed by atoms with Crippen molar-refractivity contribution in [3.63, 3.8) is 0 Å². The summed E-state index contributed by atoms with van der Waals surface area (Å²) in [5.74, 6) is 1.58. The first kappa shape index (κ1) is 26.6. The maximum Gasteiger partial charge on any atom is 0.238 e. The van der Waals surface area contributed by atoms with E-state index in [2.05, 4.69) is 10.0 Å². The van der Waals surface area contributed by atoms with Gasteiger partial charge in [0.2, 0.25) is 21.7 Å². The number of sulfonamides is 1. The zero-order valence-electron chi connectivity index (χ0n) is 19.2. The van der Waals surface area contributed by atoms with Crippen LogP contribution in [0.25, 0.3) is 6.08 Å². The summed E-state index contributed by atoms with van der Waals surface area (Å²) in [6.45, 7) is 0.160. The molecular weight excluding hydrogens is 464 g/mol. The summed E-state index contributed by atoms with van der Waals surface area (Å²) in [5.41, 5.74) is 1.46. The van der Waals surface area contributed by atoms with Gasteiger partial charge in [-0.2, -0.15) is 16.5 Å². The fourth-order valence-electron chi connectivity index (χ4n) is 3.00. The van der Waals surface area contributed by atoms with Crippen LogP contribution in [-0.2, 0) is 21.4 Å². The second kappa shape index (κ2) is 13.1. The van der Waals surface area contributed by atoms with E-state index in [1.165, 1.54) is 39.2 Å². The van der Waals surface area contributed by atoms with E-state index in [-0.39, 0.29) is 6.54 Å². The number of benzene rings is 2. The highest BCUT2D eigenvalue weighted by atomic mass is 32.2. The van der Waals surface area contributed by atoms with E-state index < -0.39 is 22.0 Å². The Morgan fingerprint density at radius 1 is 1.06 bits per heavy atom.